The first-order chi connectivity index (χ1) is 13.7. The van der Waals surface area contributed by atoms with Gasteiger partial charge < -0.3 is 15.2 Å². The molecule has 0 spiro atoms. The minimum Gasteiger partial charge on any atom is -0.356 e. The molecule has 156 valence electrons. The Bertz CT molecular complexity index is 1030. The largest absolute Gasteiger partial charge is 0.356 e. The van der Waals surface area contributed by atoms with Crippen molar-refractivity contribution < 1.29 is 26.8 Å². The summed E-state index contributed by atoms with van der Waals surface area (Å²) in [6, 6.07) is 3.84. The van der Waals surface area contributed by atoms with E-state index in [0.717, 1.165) is 29.3 Å². The molecule has 2 amide bonds. The maximum Gasteiger partial charge on any atom is 0.270 e. The van der Waals surface area contributed by atoms with Gasteiger partial charge in [-0.15, -0.1) is 0 Å². The van der Waals surface area contributed by atoms with Crippen molar-refractivity contribution in [1.29, 1.82) is 0 Å². The number of anilines is 1. The molecular weight excluding hydrogens is 406 g/mol. The Hall–Kier alpha value is -2.79. The summed E-state index contributed by atoms with van der Waals surface area (Å²) in [6.07, 6.45) is 3.00. The van der Waals surface area contributed by atoms with Gasteiger partial charge in [-0.25, -0.2) is 17.2 Å². The van der Waals surface area contributed by atoms with Crippen LogP contribution in [0.3, 0.4) is 0 Å². The lowest BCUT2D eigenvalue weighted by Gasteiger charge is -2.16. The Kier molecular flexibility index (Phi) is 5.99. The fraction of sp³-hybridized carbons (Fsp3) is 0.333. The molecule has 11 heteroatoms. The number of H-pyrrole nitrogens is 1. The van der Waals surface area contributed by atoms with Crippen LogP contribution in [-0.2, 0) is 14.8 Å². The van der Waals surface area contributed by atoms with Gasteiger partial charge in [0, 0.05) is 32.4 Å². The van der Waals surface area contributed by atoms with Gasteiger partial charge in [-0.2, -0.15) is 4.31 Å². The van der Waals surface area contributed by atoms with Crippen LogP contribution in [0, 0.1) is 11.6 Å². The number of aromatic nitrogens is 1. The number of sulfonamides is 1. The molecule has 1 fully saturated rings. The van der Waals surface area contributed by atoms with E-state index in [1.54, 1.807) is 4.90 Å². The van der Waals surface area contributed by atoms with Gasteiger partial charge >= 0.3 is 0 Å². The molecule has 1 aromatic heterocycles. The number of nitrogens with one attached hydrogen (secondary N) is 2. The first-order valence-corrected chi connectivity index (χ1v) is 10.3. The average Bonchev–Trinajstić information content (AvgIpc) is 3.35. The zero-order valence-corrected chi connectivity index (χ0v) is 16.4. The van der Waals surface area contributed by atoms with Crippen molar-refractivity contribution >= 4 is 27.5 Å². The van der Waals surface area contributed by atoms with Crippen LogP contribution in [0.1, 0.15) is 23.3 Å². The first kappa shape index (κ1) is 20.9. The number of likely N-dealkylation sites (N-methyl/N-ethyl adjacent to an activating group) is 1. The summed E-state index contributed by atoms with van der Waals surface area (Å²) in [7, 11) is -2.88. The third-order valence-electron chi connectivity index (χ3n) is 4.56. The predicted molar refractivity (Wildman–Crippen MR) is 101 cm³/mol. The Morgan fingerprint density at radius 3 is 2.55 bits per heavy atom. The monoisotopic (exact) mass is 426 g/mol. The molecule has 8 nitrogen and oxygen atoms in total. The average molecular weight is 426 g/mol. The minimum atomic E-state index is -4.06. The van der Waals surface area contributed by atoms with E-state index >= 15 is 0 Å². The maximum absolute atomic E-state index is 13.6. The minimum absolute atomic E-state index is 0.150. The molecular formula is C18H20F2N4O4S. The van der Waals surface area contributed by atoms with E-state index in [4.69, 9.17) is 0 Å². The smallest absolute Gasteiger partial charge is 0.270 e. The predicted octanol–water partition coefficient (Wildman–Crippen LogP) is 1.79. The summed E-state index contributed by atoms with van der Waals surface area (Å²) in [5.41, 5.74) is -0.112. The van der Waals surface area contributed by atoms with Crippen LogP contribution in [0.25, 0.3) is 0 Å². The molecule has 1 aromatic carbocycles. The SMILES string of the molecule is CN(CC(=O)Nc1ccc(F)cc1F)S(=O)(=O)c1c[nH]c(C(=O)N2CCCC2)c1. The van der Waals surface area contributed by atoms with E-state index < -0.39 is 34.1 Å². The molecule has 0 atom stereocenters. The lowest BCUT2D eigenvalue weighted by Crippen LogP contribution is -2.35. The molecule has 3 rings (SSSR count). The van der Waals surface area contributed by atoms with Gasteiger partial charge in [0.05, 0.1) is 12.2 Å². The van der Waals surface area contributed by atoms with Crippen molar-refractivity contribution in [2.75, 3.05) is 32.0 Å². The summed E-state index contributed by atoms with van der Waals surface area (Å²) in [4.78, 5) is 28.6. The van der Waals surface area contributed by atoms with E-state index in [1.807, 2.05) is 0 Å². The van der Waals surface area contributed by atoms with Gasteiger partial charge in [-0.3, -0.25) is 9.59 Å². The standard InChI is InChI=1S/C18H20F2N4O4S/c1-23(11-17(25)22-15-5-4-12(19)8-14(15)20)29(27,28)13-9-16(21-10-13)18(26)24-6-2-3-7-24/h4-5,8-10,21H,2-3,6-7,11H2,1H3,(H,22,25). The zero-order valence-electron chi connectivity index (χ0n) is 15.6. The number of amides is 2. The Morgan fingerprint density at radius 2 is 1.90 bits per heavy atom. The van der Waals surface area contributed by atoms with Crippen LogP contribution < -0.4 is 5.32 Å². The van der Waals surface area contributed by atoms with Crippen LogP contribution in [0.5, 0.6) is 0 Å². The molecule has 0 bridgehead atoms. The molecule has 1 aliphatic rings. The van der Waals surface area contributed by atoms with Gasteiger partial charge in [0.15, 0.2) is 0 Å². The van der Waals surface area contributed by atoms with Crippen molar-refractivity contribution in [2.45, 2.75) is 17.7 Å². The number of nitrogens with zero attached hydrogens (tertiary/aromatic N) is 2. The number of rotatable bonds is 6. The molecule has 2 heterocycles. The number of aromatic amines is 1. The Balaban J connectivity index is 1.67. The van der Waals surface area contributed by atoms with Crippen LogP contribution in [-0.4, -0.2) is 61.1 Å². The summed E-state index contributed by atoms with van der Waals surface area (Å²) in [6.45, 7) is 0.652. The Labute approximate surface area is 166 Å². The highest BCUT2D eigenvalue weighted by Crippen LogP contribution is 2.19. The lowest BCUT2D eigenvalue weighted by atomic mass is 10.3. The number of hydrogen-bond acceptors (Lipinski definition) is 4. The van der Waals surface area contributed by atoms with Crippen LogP contribution in [0.4, 0.5) is 14.5 Å². The van der Waals surface area contributed by atoms with Crippen molar-refractivity contribution in [1.82, 2.24) is 14.2 Å². The highest BCUT2D eigenvalue weighted by atomic mass is 32.2. The van der Waals surface area contributed by atoms with Crippen molar-refractivity contribution in [2.24, 2.45) is 0 Å². The van der Waals surface area contributed by atoms with Crippen LogP contribution in [0.15, 0.2) is 35.4 Å². The number of halogens is 2. The molecule has 0 radical (unpaired) electrons. The van der Waals surface area contributed by atoms with Gasteiger partial charge in [0.1, 0.15) is 22.2 Å². The fourth-order valence-corrected chi connectivity index (χ4v) is 4.11. The van der Waals surface area contributed by atoms with E-state index in [1.165, 1.54) is 19.3 Å². The van der Waals surface area contributed by atoms with E-state index in [9.17, 15) is 26.8 Å². The second-order valence-corrected chi connectivity index (χ2v) is 8.73. The molecule has 0 aliphatic carbocycles. The third-order valence-corrected chi connectivity index (χ3v) is 6.34. The molecule has 2 aromatic rings. The summed E-state index contributed by atoms with van der Waals surface area (Å²) in [5, 5.41) is 2.20. The van der Waals surface area contributed by atoms with E-state index in [0.29, 0.717) is 19.2 Å². The number of carbonyl (C=O) groups is 2. The quantitative estimate of drug-likeness (QED) is 0.735. The second kappa shape index (κ2) is 8.29. The number of carbonyl (C=O) groups excluding carboxylic acids is 2. The summed E-state index contributed by atoms with van der Waals surface area (Å²) in [5.74, 6) is -2.85. The molecule has 1 aliphatic heterocycles. The highest BCUT2D eigenvalue weighted by Gasteiger charge is 2.27. The Morgan fingerprint density at radius 1 is 1.21 bits per heavy atom. The summed E-state index contributed by atoms with van der Waals surface area (Å²) >= 11 is 0. The number of likely N-dealkylation sites (tertiary alicyclic amines) is 1. The maximum atomic E-state index is 13.6. The number of hydrogen-bond donors (Lipinski definition) is 2. The van der Waals surface area contributed by atoms with Gasteiger partial charge in [-0.1, -0.05) is 0 Å². The summed E-state index contributed by atoms with van der Waals surface area (Å²) < 4.78 is 52.7. The van der Waals surface area contributed by atoms with Crippen molar-refractivity contribution in [3.63, 3.8) is 0 Å². The van der Waals surface area contributed by atoms with Crippen molar-refractivity contribution in [3.05, 3.63) is 47.8 Å². The number of benzene rings is 1. The third kappa shape index (κ3) is 4.62. The normalized spacial score (nSPS) is 14.4. The topological polar surface area (TPSA) is 103 Å². The first-order valence-electron chi connectivity index (χ1n) is 8.87. The van der Waals surface area contributed by atoms with Gasteiger partial charge in [0.25, 0.3) is 5.91 Å². The molecule has 1 saturated heterocycles. The van der Waals surface area contributed by atoms with E-state index in [2.05, 4.69) is 10.3 Å². The highest BCUT2D eigenvalue weighted by molar-refractivity contribution is 7.89. The molecule has 29 heavy (non-hydrogen) atoms. The molecule has 2 N–H and O–H groups in total. The van der Waals surface area contributed by atoms with Crippen LogP contribution >= 0.6 is 0 Å². The molecule has 0 unspecified atom stereocenters. The van der Waals surface area contributed by atoms with E-state index in [-0.39, 0.29) is 22.2 Å². The van der Waals surface area contributed by atoms with Crippen molar-refractivity contribution in [3.8, 4) is 0 Å². The molecule has 0 saturated carbocycles. The lowest BCUT2D eigenvalue weighted by molar-refractivity contribution is -0.116. The second-order valence-electron chi connectivity index (χ2n) is 6.68. The van der Waals surface area contributed by atoms with Gasteiger partial charge in [0.2, 0.25) is 15.9 Å². The van der Waals surface area contributed by atoms with Crippen LogP contribution in [0.2, 0.25) is 0 Å². The van der Waals surface area contributed by atoms with Gasteiger partial charge in [-0.05, 0) is 31.0 Å². The fourth-order valence-electron chi connectivity index (χ4n) is 2.99. The zero-order chi connectivity index (χ0) is 21.2.